The van der Waals surface area contributed by atoms with Crippen LogP contribution in [0.15, 0.2) is 0 Å². The quantitative estimate of drug-likeness (QED) is 0.654. The zero-order valence-corrected chi connectivity index (χ0v) is 11.3. The van der Waals surface area contributed by atoms with Crippen LogP contribution in [0.3, 0.4) is 0 Å². The van der Waals surface area contributed by atoms with E-state index in [1.54, 1.807) is 4.90 Å². The summed E-state index contributed by atoms with van der Waals surface area (Å²) in [5.74, 6) is 0.170. The zero-order valence-electron chi connectivity index (χ0n) is 10.5. The highest BCUT2D eigenvalue weighted by Gasteiger charge is 2.11. The molecule has 0 aliphatic carbocycles. The van der Waals surface area contributed by atoms with Crippen LogP contribution in [0.5, 0.6) is 0 Å². The summed E-state index contributed by atoms with van der Waals surface area (Å²) in [6, 6.07) is 0. The molecule has 5 heteroatoms. The van der Waals surface area contributed by atoms with Crippen molar-refractivity contribution in [2.24, 2.45) is 0 Å². The summed E-state index contributed by atoms with van der Waals surface area (Å²) >= 11 is 0. The molecule has 0 atom stereocenters. The number of hydrogen-bond donors (Lipinski definition) is 0. The molecule has 96 valence electrons. The summed E-state index contributed by atoms with van der Waals surface area (Å²) in [6.45, 7) is 5.52. The molecule has 0 rings (SSSR count). The molecule has 0 aromatic carbocycles. The van der Waals surface area contributed by atoms with Gasteiger partial charge >= 0.3 is 0 Å². The molecular formula is C11H23NO3S. The largest absolute Gasteiger partial charge is 0.343 e. The molecule has 0 saturated carbocycles. The van der Waals surface area contributed by atoms with Crippen LogP contribution in [0.2, 0.25) is 0 Å². The lowest BCUT2D eigenvalue weighted by Gasteiger charge is -2.20. The van der Waals surface area contributed by atoms with Gasteiger partial charge in [0, 0.05) is 25.8 Å². The summed E-state index contributed by atoms with van der Waals surface area (Å²) in [5.41, 5.74) is 0. The Balaban J connectivity index is 3.93. The van der Waals surface area contributed by atoms with Crippen LogP contribution in [-0.4, -0.2) is 44.3 Å². The fraction of sp³-hybridized carbons (Fsp3) is 0.909. The van der Waals surface area contributed by atoms with Gasteiger partial charge in [-0.1, -0.05) is 13.3 Å². The van der Waals surface area contributed by atoms with Gasteiger partial charge < -0.3 is 4.90 Å². The number of rotatable bonds is 8. The van der Waals surface area contributed by atoms with E-state index in [4.69, 9.17) is 0 Å². The highest BCUT2D eigenvalue weighted by atomic mass is 32.2. The molecule has 4 nitrogen and oxygen atoms in total. The van der Waals surface area contributed by atoms with E-state index in [0.717, 1.165) is 19.4 Å². The number of unbranched alkanes of at least 4 members (excludes halogenated alkanes) is 1. The Kier molecular flexibility index (Phi) is 7.38. The average molecular weight is 249 g/mol. The van der Waals surface area contributed by atoms with Gasteiger partial charge in [-0.25, -0.2) is 8.42 Å². The third kappa shape index (κ3) is 7.68. The Labute approximate surface area is 98.9 Å². The van der Waals surface area contributed by atoms with Gasteiger partial charge in [-0.15, -0.1) is 0 Å². The molecule has 0 bridgehead atoms. The molecule has 16 heavy (non-hydrogen) atoms. The predicted octanol–water partition coefficient (Wildman–Crippen LogP) is 1.46. The minimum Gasteiger partial charge on any atom is -0.343 e. The Morgan fingerprint density at radius 2 is 1.81 bits per heavy atom. The Morgan fingerprint density at radius 1 is 1.19 bits per heavy atom. The maximum Gasteiger partial charge on any atom is 0.222 e. The van der Waals surface area contributed by atoms with Crippen LogP contribution in [0.1, 0.15) is 39.5 Å². The van der Waals surface area contributed by atoms with Crippen molar-refractivity contribution in [3.63, 3.8) is 0 Å². The van der Waals surface area contributed by atoms with Crippen LogP contribution in [0.4, 0.5) is 0 Å². The molecule has 0 fully saturated rings. The van der Waals surface area contributed by atoms with Crippen LogP contribution >= 0.6 is 0 Å². The topological polar surface area (TPSA) is 54.5 Å². The van der Waals surface area contributed by atoms with Crippen molar-refractivity contribution in [1.82, 2.24) is 4.90 Å². The second-order valence-electron chi connectivity index (χ2n) is 4.06. The van der Waals surface area contributed by atoms with Gasteiger partial charge in [0.1, 0.15) is 9.84 Å². The van der Waals surface area contributed by atoms with Gasteiger partial charge in [0.15, 0.2) is 0 Å². The smallest absolute Gasteiger partial charge is 0.222 e. The van der Waals surface area contributed by atoms with Gasteiger partial charge in [0.2, 0.25) is 5.91 Å². The van der Waals surface area contributed by atoms with Crippen molar-refractivity contribution < 1.29 is 13.2 Å². The molecule has 0 aliphatic heterocycles. The second kappa shape index (κ2) is 7.65. The molecule has 0 radical (unpaired) electrons. The normalized spacial score (nSPS) is 11.4. The number of hydrogen-bond acceptors (Lipinski definition) is 3. The second-order valence-corrected chi connectivity index (χ2v) is 6.32. The molecule has 1 amide bonds. The van der Waals surface area contributed by atoms with E-state index in [-0.39, 0.29) is 11.7 Å². The summed E-state index contributed by atoms with van der Waals surface area (Å²) < 4.78 is 21.8. The lowest BCUT2D eigenvalue weighted by atomic mass is 10.2. The first-order chi connectivity index (χ1) is 7.40. The lowest BCUT2D eigenvalue weighted by molar-refractivity contribution is -0.131. The molecular weight excluding hydrogens is 226 g/mol. The summed E-state index contributed by atoms with van der Waals surface area (Å²) in [4.78, 5) is 13.5. The Morgan fingerprint density at radius 3 is 2.25 bits per heavy atom. The van der Waals surface area contributed by atoms with E-state index < -0.39 is 9.84 Å². The fourth-order valence-electron chi connectivity index (χ4n) is 1.45. The van der Waals surface area contributed by atoms with Crippen LogP contribution in [-0.2, 0) is 14.6 Å². The van der Waals surface area contributed by atoms with Crippen LogP contribution in [0, 0.1) is 0 Å². The first-order valence-corrected chi connectivity index (χ1v) is 7.92. The van der Waals surface area contributed by atoms with E-state index >= 15 is 0 Å². The van der Waals surface area contributed by atoms with E-state index in [1.807, 2.05) is 6.92 Å². The molecule has 0 aliphatic rings. The van der Waals surface area contributed by atoms with E-state index in [1.165, 1.54) is 6.26 Å². The molecule has 0 unspecified atom stereocenters. The fourth-order valence-corrected chi connectivity index (χ4v) is 2.12. The molecule has 0 N–H and O–H groups in total. The first kappa shape index (κ1) is 15.4. The van der Waals surface area contributed by atoms with Crippen molar-refractivity contribution in [1.29, 1.82) is 0 Å². The Hall–Kier alpha value is -0.580. The lowest BCUT2D eigenvalue weighted by Crippen LogP contribution is -2.31. The third-order valence-electron chi connectivity index (χ3n) is 2.42. The van der Waals surface area contributed by atoms with E-state index in [0.29, 0.717) is 19.4 Å². The van der Waals surface area contributed by atoms with Gasteiger partial charge in [-0.05, 0) is 19.8 Å². The van der Waals surface area contributed by atoms with Crippen LogP contribution < -0.4 is 0 Å². The highest BCUT2D eigenvalue weighted by molar-refractivity contribution is 7.90. The molecule has 0 aromatic rings. The number of nitrogens with zero attached hydrogens (tertiary/aromatic N) is 1. The zero-order chi connectivity index (χ0) is 12.6. The van der Waals surface area contributed by atoms with E-state index in [9.17, 15) is 13.2 Å². The molecule has 0 saturated heterocycles. The Bertz CT molecular complexity index is 298. The standard InChI is InChI=1S/C11H23NO3S/c1-4-6-9-12(5-2)11(13)8-7-10-16(3,14)15/h4-10H2,1-3H3. The van der Waals surface area contributed by atoms with E-state index in [2.05, 4.69) is 6.92 Å². The van der Waals surface area contributed by atoms with Crippen LogP contribution in [0.25, 0.3) is 0 Å². The number of sulfone groups is 1. The molecule has 0 spiro atoms. The van der Waals surface area contributed by atoms with Crippen molar-refractivity contribution >= 4 is 15.7 Å². The number of carbonyl (C=O) groups excluding carboxylic acids is 1. The summed E-state index contributed by atoms with van der Waals surface area (Å²) in [6.07, 6.45) is 4.04. The average Bonchev–Trinajstić information content (AvgIpc) is 2.17. The van der Waals surface area contributed by atoms with Crippen molar-refractivity contribution in [3.05, 3.63) is 0 Å². The monoisotopic (exact) mass is 249 g/mol. The number of amides is 1. The maximum absolute atomic E-state index is 11.7. The number of carbonyl (C=O) groups is 1. The summed E-state index contributed by atoms with van der Waals surface area (Å²) in [5, 5.41) is 0. The molecule has 0 aromatic heterocycles. The van der Waals surface area contributed by atoms with Gasteiger partial charge in [-0.2, -0.15) is 0 Å². The van der Waals surface area contributed by atoms with Crippen molar-refractivity contribution in [3.8, 4) is 0 Å². The van der Waals surface area contributed by atoms with Gasteiger partial charge in [-0.3, -0.25) is 4.79 Å². The first-order valence-electron chi connectivity index (χ1n) is 5.86. The molecule has 0 heterocycles. The predicted molar refractivity (Wildman–Crippen MR) is 66.1 cm³/mol. The maximum atomic E-state index is 11.7. The van der Waals surface area contributed by atoms with Gasteiger partial charge in [0.05, 0.1) is 5.75 Å². The minimum atomic E-state index is -2.94. The van der Waals surface area contributed by atoms with Crippen molar-refractivity contribution in [2.75, 3.05) is 25.1 Å². The minimum absolute atomic E-state index is 0.0691. The third-order valence-corrected chi connectivity index (χ3v) is 3.45. The van der Waals surface area contributed by atoms with Crippen molar-refractivity contribution in [2.45, 2.75) is 39.5 Å². The highest BCUT2D eigenvalue weighted by Crippen LogP contribution is 2.02. The van der Waals surface area contributed by atoms with Gasteiger partial charge in [0.25, 0.3) is 0 Å². The summed E-state index contributed by atoms with van der Waals surface area (Å²) in [7, 11) is -2.94. The SMILES string of the molecule is CCCCN(CC)C(=O)CCCS(C)(=O)=O.